The van der Waals surface area contributed by atoms with Gasteiger partial charge in [0.25, 0.3) is 5.91 Å². The average molecular weight is 384 g/mol. The predicted molar refractivity (Wildman–Crippen MR) is 115 cm³/mol. The van der Waals surface area contributed by atoms with Crippen molar-refractivity contribution in [1.82, 2.24) is 19.9 Å². The van der Waals surface area contributed by atoms with Gasteiger partial charge < -0.3 is 9.88 Å². The van der Waals surface area contributed by atoms with E-state index < -0.39 is 0 Å². The van der Waals surface area contributed by atoms with Crippen molar-refractivity contribution in [2.24, 2.45) is 0 Å². The molecule has 0 saturated heterocycles. The van der Waals surface area contributed by atoms with Gasteiger partial charge in [0.1, 0.15) is 0 Å². The zero-order chi connectivity index (χ0) is 20.0. The van der Waals surface area contributed by atoms with Gasteiger partial charge in [-0.25, -0.2) is 9.97 Å². The van der Waals surface area contributed by atoms with Gasteiger partial charge >= 0.3 is 0 Å². The summed E-state index contributed by atoms with van der Waals surface area (Å²) in [6.45, 7) is 5.55. The number of hydrogen-bond acceptors (Lipinski definition) is 3. The summed E-state index contributed by atoms with van der Waals surface area (Å²) in [6, 6.07) is 14.0. The molecule has 2 aromatic heterocycles. The van der Waals surface area contributed by atoms with Gasteiger partial charge in [0.15, 0.2) is 0 Å². The van der Waals surface area contributed by atoms with Gasteiger partial charge in [-0.2, -0.15) is 0 Å². The van der Waals surface area contributed by atoms with Crippen LogP contribution in [0.5, 0.6) is 0 Å². The average Bonchev–Trinajstić information content (AvgIpc) is 3.15. The van der Waals surface area contributed by atoms with Crippen molar-refractivity contribution in [2.45, 2.75) is 39.7 Å². The maximum atomic E-state index is 13.3. The fourth-order valence-corrected chi connectivity index (χ4v) is 4.35. The Morgan fingerprint density at radius 2 is 1.79 bits per heavy atom. The third kappa shape index (κ3) is 2.97. The molecule has 0 saturated carbocycles. The molecule has 0 aliphatic carbocycles. The van der Waals surface area contributed by atoms with Crippen LogP contribution in [0.15, 0.2) is 42.5 Å². The molecule has 1 amide bonds. The summed E-state index contributed by atoms with van der Waals surface area (Å²) < 4.78 is 0. The topological polar surface area (TPSA) is 61.9 Å². The first-order valence-electron chi connectivity index (χ1n) is 10.3. The Balaban J connectivity index is 1.48. The number of rotatable bonds is 3. The lowest BCUT2D eigenvalue weighted by Gasteiger charge is -2.27. The number of aromatic amines is 1. The van der Waals surface area contributed by atoms with Gasteiger partial charge in [-0.1, -0.05) is 32.0 Å². The highest BCUT2D eigenvalue weighted by atomic mass is 16.2. The van der Waals surface area contributed by atoms with Crippen molar-refractivity contribution in [2.75, 3.05) is 6.54 Å². The summed E-state index contributed by atoms with van der Waals surface area (Å²) >= 11 is 0. The molecular weight excluding hydrogens is 360 g/mol. The van der Waals surface area contributed by atoms with Gasteiger partial charge in [0.05, 0.1) is 22.4 Å². The van der Waals surface area contributed by atoms with E-state index in [0.717, 1.165) is 53.7 Å². The van der Waals surface area contributed by atoms with E-state index in [1.165, 1.54) is 16.6 Å². The molecule has 2 aromatic carbocycles. The van der Waals surface area contributed by atoms with Crippen LogP contribution in [0.4, 0.5) is 0 Å². The molecule has 5 heteroatoms. The fourth-order valence-electron chi connectivity index (χ4n) is 4.35. The second kappa shape index (κ2) is 6.99. The number of para-hydroxylation sites is 1. The van der Waals surface area contributed by atoms with E-state index in [-0.39, 0.29) is 5.91 Å². The molecule has 0 bridgehead atoms. The zero-order valence-electron chi connectivity index (χ0n) is 16.8. The Bertz CT molecular complexity index is 1240. The number of H-pyrrole nitrogens is 1. The number of nitrogens with one attached hydrogen (secondary N) is 1. The van der Waals surface area contributed by atoms with Crippen molar-refractivity contribution in [1.29, 1.82) is 0 Å². The third-order valence-corrected chi connectivity index (χ3v) is 5.91. The maximum Gasteiger partial charge on any atom is 0.254 e. The first kappa shape index (κ1) is 17.9. The van der Waals surface area contributed by atoms with E-state index in [2.05, 4.69) is 37.0 Å². The maximum absolute atomic E-state index is 13.3. The SMILES string of the molecule is CCc1nc2ccc(C(=O)N3CCc4[nH]c5ccccc5c4C3)cc2nc1CC. The lowest BCUT2D eigenvalue weighted by Crippen LogP contribution is -2.35. The molecule has 1 N–H and O–H groups in total. The number of fused-ring (bicyclic) bond motifs is 4. The van der Waals surface area contributed by atoms with Crippen LogP contribution in [0.2, 0.25) is 0 Å². The molecule has 0 fully saturated rings. The smallest absolute Gasteiger partial charge is 0.254 e. The van der Waals surface area contributed by atoms with Crippen LogP contribution < -0.4 is 0 Å². The summed E-state index contributed by atoms with van der Waals surface area (Å²) in [5.41, 5.74) is 8.03. The molecule has 3 heterocycles. The Labute approximate surface area is 169 Å². The van der Waals surface area contributed by atoms with Crippen LogP contribution >= 0.6 is 0 Å². The Kier molecular flexibility index (Phi) is 4.31. The normalized spacial score (nSPS) is 13.8. The Hall–Kier alpha value is -3.21. The van der Waals surface area contributed by atoms with Crippen LogP contribution in [0.1, 0.15) is 46.9 Å². The first-order chi connectivity index (χ1) is 14.2. The number of carbonyl (C=O) groups is 1. The van der Waals surface area contributed by atoms with Crippen molar-refractivity contribution in [3.8, 4) is 0 Å². The van der Waals surface area contributed by atoms with Crippen molar-refractivity contribution in [3.05, 3.63) is 70.7 Å². The van der Waals surface area contributed by atoms with E-state index in [1.807, 2.05) is 29.2 Å². The van der Waals surface area contributed by atoms with Crippen LogP contribution in [0.3, 0.4) is 0 Å². The van der Waals surface area contributed by atoms with Gasteiger partial charge in [0, 0.05) is 47.2 Å². The van der Waals surface area contributed by atoms with Crippen LogP contribution in [-0.2, 0) is 25.8 Å². The Morgan fingerprint density at radius 1 is 1.03 bits per heavy atom. The minimum atomic E-state index is 0.0576. The van der Waals surface area contributed by atoms with Crippen molar-refractivity contribution in [3.63, 3.8) is 0 Å². The minimum absolute atomic E-state index is 0.0576. The molecule has 5 rings (SSSR count). The lowest BCUT2D eigenvalue weighted by molar-refractivity contribution is 0.0735. The summed E-state index contributed by atoms with van der Waals surface area (Å²) in [5, 5.41) is 1.21. The predicted octanol–water partition coefficient (Wildman–Crippen LogP) is 4.43. The highest BCUT2D eigenvalue weighted by molar-refractivity contribution is 5.98. The molecule has 0 radical (unpaired) electrons. The summed E-state index contributed by atoms with van der Waals surface area (Å²) in [4.78, 5) is 28.2. The molecule has 1 aliphatic heterocycles. The van der Waals surface area contributed by atoms with Gasteiger partial charge in [-0.3, -0.25) is 4.79 Å². The van der Waals surface area contributed by atoms with E-state index >= 15 is 0 Å². The second-order valence-corrected chi connectivity index (χ2v) is 7.63. The van der Waals surface area contributed by atoms with Crippen LogP contribution in [0.25, 0.3) is 21.9 Å². The number of nitrogens with zero attached hydrogens (tertiary/aromatic N) is 3. The summed E-state index contributed by atoms with van der Waals surface area (Å²) in [7, 11) is 0. The lowest BCUT2D eigenvalue weighted by atomic mass is 10.0. The number of benzene rings is 2. The highest BCUT2D eigenvalue weighted by Crippen LogP contribution is 2.28. The van der Waals surface area contributed by atoms with E-state index in [0.29, 0.717) is 12.1 Å². The minimum Gasteiger partial charge on any atom is -0.358 e. The number of carbonyl (C=O) groups excluding carboxylic acids is 1. The van der Waals surface area contributed by atoms with E-state index in [1.54, 1.807) is 0 Å². The number of amides is 1. The molecule has 4 aromatic rings. The van der Waals surface area contributed by atoms with E-state index in [4.69, 9.17) is 9.97 Å². The molecule has 146 valence electrons. The molecule has 0 spiro atoms. The number of aromatic nitrogens is 3. The summed E-state index contributed by atoms with van der Waals surface area (Å²) in [5.74, 6) is 0.0576. The molecule has 0 atom stereocenters. The van der Waals surface area contributed by atoms with Crippen LogP contribution in [0, 0.1) is 0 Å². The van der Waals surface area contributed by atoms with E-state index in [9.17, 15) is 4.79 Å². The van der Waals surface area contributed by atoms with Crippen LogP contribution in [-0.4, -0.2) is 32.3 Å². The molecule has 1 aliphatic rings. The second-order valence-electron chi connectivity index (χ2n) is 7.63. The molecular formula is C24H24N4O. The molecule has 5 nitrogen and oxygen atoms in total. The standard InChI is InChI=1S/C24H24N4O/c1-3-18-19(4-2)26-23-13-15(9-10-22(23)25-18)24(29)28-12-11-21-17(14-28)16-7-5-6-8-20(16)27-21/h5-10,13,27H,3-4,11-12,14H2,1-2H3. The zero-order valence-corrected chi connectivity index (χ0v) is 16.8. The molecule has 29 heavy (non-hydrogen) atoms. The number of hydrogen-bond donors (Lipinski definition) is 1. The third-order valence-electron chi connectivity index (χ3n) is 5.91. The van der Waals surface area contributed by atoms with Gasteiger partial charge in [0.2, 0.25) is 0 Å². The molecule has 0 unspecified atom stereocenters. The monoisotopic (exact) mass is 384 g/mol. The quantitative estimate of drug-likeness (QED) is 0.568. The fraction of sp³-hybridized carbons (Fsp3) is 0.292. The summed E-state index contributed by atoms with van der Waals surface area (Å²) in [6.07, 6.45) is 2.57. The van der Waals surface area contributed by atoms with Gasteiger partial charge in [-0.15, -0.1) is 0 Å². The number of aryl methyl sites for hydroxylation is 2. The first-order valence-corrected chi connectivity index (χ1v) is 10.3. The van der Waals surface area contributed by atoms with Crippen molar-refractivity contribution >= 4 is 27.8 Å². The largest absolute Gasteiger partial charge is 0.358 e. The highest BCUT2D eigenvalue weighted by Gasteiger charge is 2.25. The van der Waals surface area contributed by atoms with Gasteiger partial charge in [-0.05, 0) is 37.1 Å². The Morgan fingerprint density at radius 3 is 2.59 bits per heavy atom. The van der Waals surface area contributed by atoms with Crippen molar-refractivity contribution < 1.29 is 4.79 Å².